The highest BCUT2D eigenvalue weighted by molar-refractivity contribution is 7.90. The summed E-state index contributed by atoms with van der Waals surface area (Å²) >= 11 is 0. The lowest BCUT2D eigenvalue weighted by Gasteiger charge is -2.31. The molecule has 1 fully saturated rings. The van der Waals surface area contributed by atoms with Crippen molar-refractivity contribution in [3.63, 3.8) is 0 Å². The number of nitrogens with zero attached hydrogens (tertiary/aromatic N) is 1. The molecule has 0 aromatic carbocycles. The van der Waals surface area contributed by atoms with Crippen molar-refractivity contribution in [2.45, 2.75) is 32.1 Å². The summed E-state index contributed by atoms with van der Waals surface area (Å²) in [5.41, 5.74) is 0. The van der Waals surface area contributed by atoms with Gasteiger partial charge >= 0.3 is 5.97 Å². The lowest BCUT2D eigenvalue weighted by molar-refractivity contribution is -0.138. The molecular formula is C12H21NO5S. The molecule has 0 spiro atoms. The van der Waals surface area contributed by atoms with Crippen LogP contribution in [-0.2, 0) is 19.4 Å². The van der Waals surface area contributed by atoms with E-state index in [1.165, 1.54) is 0 Å². The molecule has 0 saturated carbocycles. The topological polar surface area (TPSA) is 91.8 Å². The predicted molar refractivity (Wildman–Crippen MR) is 70.5 cm³/mol. The van der Waals surface area contributed by atoms with Gasteiger partial charge in [0.15, 0.2) is 0 Å². The fraction of sp³-hybridized carbons (Fsp3) is 0.833. The molecule has 1 aliphatic heterocycles. The maximum absolute atomic E-state index is 11.8. The zero-order valence-electron chi connectivity index (χ0n) is 11.2. The first kappa shape index (κ1) is 15.9. The number of carboxylic acid groups (broad SMARTS) is 1. The fourth-order valence-electron chi connectivity index (χ4n) is 2.23. The summed E-state index contributed by atoms with van der Waals surface area (Å²) in [5, 5.41) is 8.61. The monoisotopic (exact) mass is 291 g/mol. The normalized spacial score (nSPS) is 17.4. The van der Waals surface area contributed by atoms with Gasteiger partial charge in [0, 0.05) is 32.2 Å². The van der Waals surface area contributed by atoms with Crippen LogP contribution < -0.4 is 0 Å². The van der Waals surface area contributed by atoms with Gasteiger partial charge in [-0.2, -0.15) is 0 Å². The molecule has 110 valence electrons. The summed E-state index contributed by atoms with van der Waals surface area (Å²) in [4.78, 5) is 23.9. The number of hydrogen-bond donors (Lipinski definition) is 1. The van der Waals surface area contributed by atoms with Crippen LogP contribution in [0.4, 0.5) is 0 Å². The molecule has 0 bridgehead atoms. The maximum atomic E-state index is 11.8. The van der Waals surface area contributed by atoms with E-state index in [0.29, 0.717) is 25.4 Å². The third-order valence-electron chi connectivity index (χ3n) is 3.42. The Kier molecular flexibility index (Phi) is 5.78. The summed E-state index contributed by atoms with van der Waals surface area (Å²) in [5.74, 6) is -0.658. The van der Waals surface area contributed by atoms with E-state index >= 15 is 0 Å². The van der Waals surface area contributed by atoms with Crippen LogP contribution in [0.15, 0.2) is 0 Å². The van der Waals surface area contributed by atoms with Crippen molar-refractivity contribution < 1.29 is 23.1 Å². The van der Waals surface area contributed by atoms with E-state index in [4.69, 9.17) is 5.11 Å². The molecule has 0 aliphatic carbocycles. The average molecular weight is 291 g/mol. The van der Waals surface area contributed by atoms with Gasteiger partial charge in [-0.25, -0.2) is 8.42 Å². The quantitative estimate of drug-likeness (QED) is 0.770. The first-order valence-electron chi connectivity index (χ1n) is 6.45. The Bertz CT molecular complexity index is 423. The second kappa shape index (κ2) is 6.88. The van der Waals surface area contributed by atoms with Gasteiger partial charge in [0.2, 0.25) is 5.91 Å². The number of rotatable bonds is 6. The molecule has 1 N–H and O–H groups in total. The molecule has 6 nitrogen and oxygen atoms in total. The molecule has 1 heterocycles. The van der Waals surface area contributed by atoms with Crippen LogP contribution in [0.3, 0.4) is 0 Å². The van der Waals surface area contributed by atoms with Gasteiger partial charge < -0.3 is 10.0 Å². The van der Waals surface area contributed by atoms with E-state index in [9.17, 15) is 18.0 Å². The highest BCUT2D eigenvalue weighted by Gasteiger charge is 2.23. The first-order chi connectivity index (χ1) is 8.78. The van der Waals surface area contributed by atoms with Gasteiger partial charge in [0.1, 0.15) is 9.84 Å². The summed E-state index contributed by atoms with van der Waals surface area (Å²) in [6.45, 7) is 1.21. The number of sulfone groups is 1. The largest absolute Gasteiger partial charge is 0.481 e. The number of carbonyl (C=O) groups is 2. The highest BCUT2D eigenvalue weighted by Crippen LogP contribution is 2.22. The number of piperidine rings is 1. The van der Waals surface area contributed by atoms with Gasteiger partial charge in [-0.1, -0.05) is 0 Å². The Labute approximate surface area is 113 Å². The van der Waals surface area contributed by atoms with E-state index < -0.39 is 15.8 Å². The first-order valence-corrected chi connectivity index (χ1v) is 8.51. The third-order valence-corrected chi connectivity index (χ3v) is 4.37. The molecule has 0 atom stereocenters. The van der Waals surface area contributed by atoms with Crippen molar-refractivity contribution >= 4 is 21.7 Å². The molecule has 1 saturated heterocycles. The van der Waals surface area contributed by atoms with Crippen molar-refractivity contribution in [3.8, 4) is 0 Å². The molecule has 0 unspecified atom stereocenters. The van der Waals surface area contributed by atoms with Gasteiger partial charge in [0.25, 0.3) is 0 Å². The second-order valence-corrected chi connectivity index (χ2v) is 7.40. The van der Waals surface area contributed by atoms with Crippen LogP contribution in [-0.4, -0.2) is 55.4 Å². The van der Waals surface area contributed by atoms with Crippen LogP contribution >= 0.6 is 0 Å². The molecule has 0 aromatic heterocycles. The molecule has 1 amide bonds. The maximum Gasteiger partial charge on any atom is 0.303 e. The Balaban J connectivity index is 2.29. The van der Waals surface area contributed by atoms with Crippen molar-refractivity contribution in [2.75, 3.05) is 25.1 Å². The molecule has 1 rings (SSSR count). The molecule has 0 aromatic rings. The van der Waals surface area contributed by atoms with E-state index in [1.54, 1.807) is 4.90 Å². The lowest BCUT2D eigenvalue weighted by atomic mass is 9.92. The average Bonchev–Trinajstić information content (AvgIpc) is 2.33. The Morgan fingerprint density at radius 2 is 1.79 bits per heavy atom. The lowest BCUT2D eigenvalue weighted by Crippen LogP contribution is -2.39. The summed E-state index contributed by atoms with van der Waals surface area (Å²) in [6.07, 6.45) is 3.60. The molecule has 0 radical (unpaired) electrons. The van der Waals surface area contributed by atoms with E-state index in [2.05, 4.69) is 0 Å². The zero-order valence-corrected chi connectivity index (χ0v) is 12.0. The van der Waals surface area contributed by atoms with E-state index in [1.807, 2.05) is 0 Å². The van der Waals surface area contributed by atoms with Crippen LogP contribution in [0.1, 0.15) is 32.1 Å². The van der Waals surface area contributed by atoms with Crippen LogP contribution in [0, 0.1) is 5.92 Å². The second-order valence-electron chi connectivity index (χ2n) is 5.14. The molecular weight excluding hydrogens is 270 g/mol. The fourth-order valence-corrected chi connectivity index (χ4v) is 2.77. The van der Waals surface area contributed by atoms with Crippen LogP contribution in [0.25, 0.3) is 0 Å². The summed E-state index contributed by atoms with van der Waals surface area (Å²) < 4.78 is 22.0. The minimum atomic E-state index is -3.10. The van der Waals surface area contributed by atoms with Crippen LogP contribution in [0.5, 0.6) is 0 Å². The van der Waals surface area contributed by atoms with Gasteiger partial charge in [-0.15, -0.1) is 0 Å². The van der Waals surface area contributed by atoms with Gasteiger partial charge in [-0.3, -0.25) is 9.59 Å². The van der Waals surface area contributed by atoms with Crippen molar-refractivity contribution in [3.05, 3.63) is 0 Å². The number of carboxylic acids is 1. The van der Waals surface area contributed by atoms with E-state index in [-0.39, 0.29) is 24.5 Å². The zero-order chi connectivity index (χ0) is 14.5. The number of aliphatic carboxylic acids is 1. The number of hydrogen-bond acceptors (Lipinski definition) is 4. The van der Waals surface area contributed by atoms with Crippen molar-refractivity contribution in [1.29, 1.82) is 0 Å². The number of amides is 1. The summed E-state index contributed by atoms with van der Waals surface area (Å²) in [7, 11) is -3.10. The van der Waals surface area contributed by atoms with Crippen LogP contribution in [0.2, 0.25) is 0 Å². The predicted octanol–water partition coefficient (Wildman–Crippen LogP) is 0.524. The van der Waals surface area contributed by atoms with E-state index in [0.717, 1.165) is 19.1 Å². The minimum absolute atomic E-state index is 0.0403. The number of likely N-dealkylation sites (tertiary alicyclic amines) is 1. The Morgan fingerprint density at radius 3 is 2.26 bits per heavy atom. The SMILES string of the molecule is CS(=O)(=O)CCC(=O)N1CCC(CCC(=O)O)CC1. The minimum Gasteiger partial charge on any atom is -0.481 e. The molecule has 19 heavy (non-hydrogen) atoms. The Hall–Kier alpha value is -1.11. The highest BCUT2D eigenvalue weighted by atomic mass is 32.2. The standard InChI is InChI=1S/C12H21NO5S/c1-19(17,18)9-6-11(14)13-7-4-10(5-8-13)2-3-12(15)16/h10H,2-9H2,1H3,(H,15,16). The van der Waals surface area contributed by atoms with Gasteiger partial charge in [-0.05, 0) is 25.2 Å². The van der Waals surface area contributed by atoms with Crippen molar-refractivity contribution in [2.24, 2.45) is 5.92 Å². The Morgan fingerprint density at radius 1 is 1.21 bits per heavy atom. The smallest absolute Gasteiger partial charge is 0.303 e. The number of carbonyl (C=O) groups excluding carboxylic acids is 1. The summed E-state index contributed by atoms with van der Waals surface area (Å²) in [6, 6.07) is 0. The third kappa shape index (κ3) is 6.56. The molecule has 1 aliphatic rings. The molecule has 7 heteroatoms. The van der Waals surface area contributed by atoms with Gasteiger partial charge in [0.05, 0.1) is 5.75 Å². The van der Waals surface area contributed by atoms with Crippen molar-refractivity contribution in [1.82, 2.24) is 4.90 Å².